The first-order valence-corrected chi connectivity index (χ1v) is 6.58. The molecule has 0 saturated carbocycles. The van der Waals surface area contributed by atoms with Crippen molar-refractivity contribution in [2.24, 2.45) is 5.73 Å². The van der Waals surface area contributed by atoms with Crippen LogP contribution in [0.1, 0.15) is 59.2 Å². The maximum absolute atomic E-state index is 5.96. The molecular weight excluding hydrogens is 224 g/mol. The number of nitrogens with zero attached hydrogens (tertiary/aromatic N) is 1. The van der Waals surface area contributed by atoms with Crippen molar-refractivity contribution in [2.75, 3.05) is 0 Å². The smallest absolute Gasteiger partial charge is 0.214 e. The molecule has 3 heteroatoms. The van der Waals surface area contributed by atoms with E-state index in [9.17, 15) is 0 Å². The molecular formula is C15H26N2O. The fourth-order valence-corrected chi connectivity index (χ4v) is 1.47. The molecule has 0 aliphatic heterocycles. The van der Waals surface area contributed by atoms with E-state index < -0.39 is 0 Å². The number of ether oxygens (including phenoxy) is 1. The number of hydrogen-bond acceptors (Lipinski definition) is 3. The van der Waals surface area contributed by atoms with E-state index in [1.54, 1.807) is 0 Å². The zero-order chi connectivity index (χ0) is 14.0. The Kier molecular flexibility index (Phi) is 4.38. The Labute approximate surface area is 111 Å². The van der Waals surface area contributed by atoms with Crippen LogP contribution in [0.5, 0.6) is 5.88 Å². The van der Waals surface area contributed by atoms with Gasteiger partial charge in [0.05, 0.1) is 5.69 Å². The fourth-order valence-electron chi connectivity index (χ4n) is 1.47. The molecule has 0 amide bonds. The molecule has 0 aromatic carbocycles. The Morgan fingerprint density at radius 3 is 2.22 bits per heavy atom. The summed E-state index contributed by atoms with van der Waals surface area (Å²) in [5.41, 5.74) is 7.63. The number of hydrogen-bond donors (Lipinski definition) is 1. The van der Waals surface area contributed by atoms with Gasteiger partial charge in [-0.25, -0.2) is 4.98 Å². The zero-order valence-electron chi connectivity index (χ0n) is 12.5. The van der Waals surface area contributed by atoms with Crippen molar-refractivity contribution in [3.05, 3.63) is 23.4 Å². The maximum atomic E-state index is 5.96. The average Bonchev–Trinajstić information content (AvgIpc) is 2.27. The van der Waals surface area contributed by atoms with Crippen molar-refractivity contribution in [3.8, 4) is 5.88 Å². The maximum Gasteiger partial charge on any atom is 0.214 e. The lowest BCUT2D eigenvalue weighted by atomic mass is 9.91. The van der Waals surface area contributed by atoms with E-state index in [1.807, 2.05) is 6.07 Å². The molecule has 0 saturated heterocycles. The molecule has 0 aliphatic carbocycles. The minimum absolute atomic E-state index is 0.000350. The van der Waals surface area contributed by atoms with Gasteiger partial charge in [-0.05, 0) is 31.9 Å². The third-order valence-electron chi connectivity index (χ3n) is 3.10. The molecule has 0 aliphatic rings. The third-order valence-corrected chi connectivity index (χ3v) is 3.10. The summed E-state index contributed by atoms with van der Waals surface area (Å²) in [5.74, 6) is 0.676. The molecule has 0 radical (unpaired) electrons. The largest absolute Gasteiger partial charge is 0.472 e. The molecule has 1 rings (SSSR count). The molecule has 1 heterocycles. The van der Waals surface area contributed by atoms with Crippen LogP contribution in [-0.2, 0) is 12.0 Å². The van der Waals surface area contributed by atoms with Gasteiger partial charge in [-0.3, -0.25) is 0 Å². The summed E-state index contributed by atoms with van der Waals surface area (Å²) >= 11 is 0. The van der Waals surface area contributed by atoms with Crippen LogP contribution in [0.15, 0.2) is 12.1 Å². The molecule has 1 aromatic heterocycles. The summed E-state index contributed by atoms with van der Waals surface area (Å²) in [6.07, 6.45) is 0.937. The molecule has 0 unspecified atom stereocenters. The predicted molar refractivity (Wildman–Crippen MR) is 75.8 cm³/mol. The van der Waals surface area contributed by atoms with Gasteiger partial charge >= 0.3 is 0 Å². The number of pyridine rings is 1. The standard InChI is InChI=1S/C15H26N2O/c1-7-15(5,6)18-13-9-11(10-16)8-12(17-13)14(2,3)4/h8-9H,7,10,16H2,1-6H3. The second-order valence-electron chi connectivity index (χ2n) is 6.37. The van der Waals surface area contributed by atoms with Crippen LogP contribution in [-0.4, -0.2) is 10.6 Å². The van der Waals surface area contributed by atoms with Gasteiger partial charge in [-0.2, -0.15) is 0 Å². The van der Waals surface area contributed by atoms with E-state index in [0.717, 1.165) is 17.7 Å². The minimum Gasteiger partial charge on any atom is -0.472 e. The normalized spacial score (nSPS) is 12.6. The lowest BCUT2D eigenvalue weighted by Gasteiger charge is -2.26. The van der Waals surface area contributed by atoms with E-state index in [4.69, 9.17) is 10.5 Å². The highest BCUT2D eigenvalue weighted by Gasteiger charge is 2.21. The van der Waals surface area contributed by atoms with Crippen molar-refractivity contribution in [2.45, 2.75) is 65.5 Å². The van der Waals surface area contributed by atoms with Crippen molar-refractivity contribution >= 4 is 0 Å². The van der Waals surface area contributed by atoms with Crippen molar-refractivity contribution in [1.82, 2.24) is 4.98 Å². The van der Waals surface area contributed by atoms with Gasteiger partial charge in [0.2, 0.25) is 5.88 Å². The molecule has 0 fully saturated rings. The number of rotatable bonds is 4. The van der Waals surface area contributed by atoms with Gasteiger partial charge in [0.1, 0.15) is 5.60 Å². The summed E-state index contributed by atoms with van der Waals surface area (Å²) in [4.78, 5) is 4.61. The lowest BCUT2D eigenvalue weighted by Crippen LogP contribution is -2.28. The Morgan fingerprint density at radius 1 is 1.17 bits per heavy atom. The highest BCUT2D eigenvalue weighted by atomic mass is 16.5. The van der Waals surface area contributed by atoms with E-state index >= 15 is 0 Å². The monoisotopic (exact) mass is 250 g/mol. The van der Waals surface area contributed by atoms with Crippen LogP contribution >= 0.6 is 0 Å². The van der Waals surface area contributed by atoms with Crippen LogP contribution in [0, 0.1) is 0 Å². The topological polar surface area (TPSA) is 48.1 Å². The van der Waals surface area contributed by atoms with Gasteiger partial charge in [-0.1, -0.05) is 27.7 Å². The first-order chi connectivity index (χ1) is 8.18. The highest BCUT2D eigenvalue weighted by molar-refractivity contribution is 5.28. The SMILES string of the molecule is CCC(C)(C)Oc1cc(CN)cc(C(C)(C)C)n1. The number of aromatic nitrogens is 1. The van der Waals surface area contributed by atoms with Crippen LogP contribution < -0.4 is 10.5 Å². The van der Waals surface area contributed by atoms with Gasteiger partial charge in [0.25, 0.3) is 0 Å². The lowest BCUT2D eigenvalue weighted by molar-refractivity contribution is 0.0983. The molecule has 0 atom stereocenters. The molecule has 3 nitrogen and oxygen atoms in total. The second kappa shape index (κ2) is 5.27. The molecule has 1 aromatic rings. The Bertz CT molecular complexity index is 405. The van der Waals surface area contributed by atoms with Gasteiger partial charge < -0.3 is 10.5 Å². The summed E-state index contributed by atoms with van der Waals surface area (Å²) in [5, 5.41) is 0. The van der Waals surface area contributed by atoms with Crippen LogP contribution in [0.2, 0.25) is 0 Å². The minimum atomic E-state index is -0.199. The Hall–Kier alpha value is -1.09. The molecule has 0 spiro atoms. The molecule has 102 valence electrons. The van der Waals surface area contributed by atoms with E-state index in [0.29, 0.717) is 12.4 Å². The van der Waals surface area contributed by atoms with Gasteiger partial charge in [0, 0.05) is 18.0 Å². The summed E-state index contributed by atoms with van der Waals surface area (Å²) in [6, 6.07) is 4.00. The predicted octanol–water partition coefficient (Wildman–Crippen LogP) is 3.41. The van der Waals surface area contributed by atoms with Crippen LogP contribution in [0.3, 0.4) is 0 Å². The molecule has 2 N–H and O–H groups in total. The van der Waals surface area contributed by atoms with Crippen molar-refractivity contribution in [1.29, 1.82) is 0 Å². The second-order valence-corrected chi connectivity index (χ2v) is 6.37. The first kappa shape index (κ1) is 15.0. The van der Waals surface area contributed by atoms with E-state index in [-0.39, 0.29) is 11.0 Å². The van der Waals surface area contributed by atoms with Crippen LogP contribution in [0.4, 0.5) is 0 Å². The zero-order valence-corrected chi connectivity index (χ0v) is 12.5. The molecule has 0 bridgehead atoms. The van der Waals surface area contributed by atoms with Crippen molar-refractivity contribution < 1.29 is 4.74 Å². The van der Waals surface area contributed by atoms with Gasteiger partial charge in [-0.15, -0.1) is 0 Å². The Morgan fingerprint density at radius 2 is 1.78 bits per heavy atom. The average molecular weight is 250 g/mol. The number of nitrogens with two attached hydrogens (primary N) is 1. The van der Waals surface area contributed by atoms with E-state index in [1.165, 1.54) is 0 Å². The summed E-state index contributed by atoms with van der Waals surface area (Å²) < 4.78 is 5.96. The van der Waals surface area contributed by atoms with E-state index in [2.05, 4.69) is 52.6 Å². The molecule has 18 heavy (non-hydrogen) atoms. The van der Waals surface area contributed by atoms with Gasteiger partial charge in [0.15, 0.2) is 0 Å². The van der Waals surface area contributed by atoms with Crippen LogP contribution in [0.25, 0.3) is 0 Å². The Balaban J connectivity index is 3.13. The quantitative estimate of drug-likeness (QED) is 0.891. The van der Waals surface area contributed by atoms with Crippen molar-refractivity contribution in [3.63, 3.8) is 0 Å². The third kappa shape index (κ3) is 3.98. The fraction of sp³-hybridized carbons (Fsp3) is 0.667. The first-order valence-electron chi connectivity index (χ1n) is 6.58. The summed E-state index contributed by atoms with van der Waals surface area (Å²) in [7, 11) is 0. The summed E-state index contributed by atoms with van der Waals surface area (Å²) in [6.45, 7) is 13.2. The highest BCUT2D eigenvalue weighted by Crippen LogP contribution is 2.26.